The number of rotatable bonds is 6. The van der Waals surface area contributed by atoms with Gasteiger partial charge in [-0.15, -0.1) is 0 Å². The number of anilines is 1. The number of hydrogen-bond acceptors (Lipinski definition) is 4. The summed E-state index contributed by atoms with van der Waals surface area (Å²) in [4.78, 5) is 21.7. The molecule has 5 nitrogen and oxygen atoms in total. The normalized spacial score (nSPS) is 17.0. The lowest BCUT2D eigenvalue weighted by atomic mass is 9.89. The Morgan fingerprint density at radius 1 is 1.21 bits per heavy atom. The van der Waals surface area contributed by atoms with Crippen molar-refractivity contribution >= 4 is 11.7 Å². The number of aromatic nitrogens is 1. The topological polar surface area (TPSA) is 48.5 Å². The third kappa shape index (κ3) is 4.77. The minimum absolute atomic E-state index is 0.0314. The second-order valence-corrected chi connectivity index (χ2v) is 7.40. The molecule has 1 aliphatic heterocycles. The number of amides is 1. The molecule has 0 unspecified atom stereocenters. The molecule has 1 amide bonds. The highest BCUT2D eigenvalue weighted by molar-refractivity contribution is 5.94. The first-order chi connectivity index (χ1) is 11.4. The van der Waals surface area contributed by atoms with Crippen LogP contribution in [0.15, 0.2) is 12.3 Å². The zero-order chi connectivity index (χ0) is 17.7. The first kappa shape index (κ1) is 18.9. The number of pyridine rings is 1. The Kier molecular flexibility index (Phi) is 6.35. The minimum Gasteiger partial charge on any atom is -0.310 e. The molecule has 0 saturated carbocycles. The van der Waals surface area contributed by atoms with Crippen molar-refractivity contribution in [2.24, 2.45) is 5.41 Å². The van der Waals surface area contributed by atoms with E-state index in [0.29, 0.717) is 5.82 Å². The number of hydrogen-bond donors (Lipinski definition) is 1. The monoisotopic (exact) mass is 332 g/mol. The number of carbonyl (C=O) groups excluding carboxylic acids is 1. The van der Waals surface area contributed by atoms with Crippen molar-refractivity contribution in [1.82, 2.24) is 14.8 Å². The van der Waals surface area contributed by atoms with E-state index in [2.05, 4.69) is 33.9 Å². The SMILES string of the molecule is CCN1CCN(Cc2cc(NC(=O)C(C)(C)CC)ncc2C)CC1. The maximum Gasteiger partial charge on any atom is 0.231 e. The fourth-order valence-electron chi connectivity index (χ4n) is 2.75. The Bertz CT molecular complexity index is 562. The quantitative estimate of drug-likeness (QED) is 0.870. The van der Waals surface area contributed by atoms with Crippen LogP contribution in [0.5, 0.6) is 0 Å². The van der Waals surface area contributed by atoms with E-state index in [1.807, 2.05) is 33.0 Å². The second-order valence-electron chi connectivity index (χ2n) is 7.40. The van der Waals surface area contributed by atoms with E-state index >= 15 is 0 Å². The van der Waals surface area contributed by atoms with Crippen molar-refractivity contribution in [1.29, 1.82) is 0 Å². The van der Waals surface area contributed by atoms with Gasteiger partial charge in [0.15, 0.2) is 0 Å². The summed E-state index contributed by atoms with van der Waals surface area (Å²) >= 11 is 0. The summed E-state index contributed by atoms with van der Waals surface area (Å²) in [7, 11) is 0. The highest BCUT2D eigenvalue weighted by Crippen LogP contribution is 2.23. The fourth-order valence-corrected chi connectivity index (χ4v) is 2.75. The van der Waals surface area contributed by atoms with Gasteiger partial charge in [-0.1, -0.05) is 27.7 Å². The smallest absolute Gasteiger partial charge is 0.231 e. The molecule has 1 fully saturated rings. The van der Waals surface area contributed by atoms with Crippen LogP contribution in [0.4, 0.5) is 5.82 Å². The third-order valence-electron chi connectivity index (χ3n) is 5.26. The van der Waals surface area contributed by atoms with Gasteiger partial charge in [0.25, 0.3) is 0 Å². The molecule has 0 aromatic carbocycles. The van der Waals surface area contributed by atoms with Crippen molar-refractivity contribution in [3.63, 3.8) is 0 Å². The van der Waals surface area contributed by atoms with Crippen LogP contribution in [0.1, 0.15) is 45.2 Å². The van der Waals surface area contributed by atoms with Gasteiger partial charge >= 0.3 is 0 Å². The van der Waals surface area contributed by atoms with Gasteiger partial charge < -0.3 is 10.2 Å². The summed E-state index contributed by atoms with van der Waals surface area (Å²) in [5.41, 5.74) is 2.06. The van der Waals surface area contributed by atoms with Crippen molar-refractivity contribution in [3.05, 3.63) is 23.4 Å². The molecule has 0 bridgehead atoms. The minimum atomic E-state index is -0.372. The van der Waals surface area contributed by atoms with Crippen molar-refractivity contribution in [3.8, 4) is 0 Å². The Balaban J connectivity index is 2.02. The van der Waals surface area contributed by atoms with Gasteiger partial charge in [-0.05, 0) is 37.1 Å². The first-order valence-electron chi connectivity index (χ1n) is 9.07. The lowest BCUT2D eigenvalue weighted by Crippen LogP contribution is -2.45. The Hall–Kier alpha value is -1.46. The molecule has 1 N–H and O–H groups in total. The van der Waals surface area contributed by atoms with Crippen molar-refractivity contribution in [2.75, 3.05) is 38.0 Å². The van der Waals surface area contributed by atoms with E-state index in [1.54, 1.807) is 0 Å². The zero-order valence-electron chi connectivity index (χ0n) is 15.9. The molecule has 0 spiro atoms. The molecule has 24 heavy (non-hydrogen) atoms. The van der Waals surface area contributed by atoms with E-state index in [1.165, 1.54) is 11.1 Å². The molecule has 0 aliphatic carbocycles. The predicted molar refractivity (Wildman–Crippen MR) is 99.1 cm³/mol. The van der Waals surface area contributed by atoms with Crippen LogP contribution in [0, 0.1) is 12.3 Å². The summed E-state index contributed by atoms with van der Waals surface area (Å²) in [6.45, 7) is 16.8. The number of nitrogens with one attached hydrogen (secondary N) is 1. The van der Waals surface area contributed by atoms with Crippen LogP contribution < -0.4 is 5.32 Å². The zero-order valence-corrected chi connectivity index (χ0v) is 15.9. The first-order valence-corrected chi connectivity index (χ1v) is 9.07. The number of carbonyl (C=O) groups is 1. The van der Waals surface area contributed by atoms with Gasteiger partial charge in [-0.2, -0.15) is 0 Å². The molecule has 1 aromatic rings. The second kappa shape index (κ2) is 8.08. The summed E-state index contributed by atoms with van der Waals surface area (Å²) in [5, 5.41) is 2.98. The molecule has 134 valence electrons. The largest absolute Gasteiger partial charge is 0.310 e. The van der Waals surface area contributed by atoms with Crippen molar-refractivity contribution < 1.29 is 4.79 Å². The third-order valence-corrected chi connectivity index (χ3v) is 5.26. The maximum absolute atomic E-state index is 12.4. The Morgan fingerprint density at radius 2 is 1.83 bits per heavy atom. The van der Waals surface area contributed by atoms with Gasteiger partial charge in [-0.25, -0.2) is 4.98 Å². The van der Waals surface area contributed by atoms with Gasteiger partial charge in [0.2, 0.25) is 5.91 Å². The lowest BCUT2D eigenvalue weighted by Gasteiger charge is -2.34. The standard InChI is InChI=1S/C19H32N4O/c1-6-19(4,5)18(24)21-17-12-16(15(3)13-20-17)14-23-10-8-22(7-2)9-11-23/h12-13H,6-11,14H2,1-5H3,(H,20,21,24). The van der Waals surface area contributed by atoms with Crippen LogP contribution >= 0.6 is 0 Å². The summed E-state index contributed by atoms with van der Waals surface area (Å²) in [6.07, 6.45) is 2.67. The maximum atomic E-state index is 12.4. The molecule has 5 heteroatoms. The molecule has 0 radical (unpaired) electrons. The highest BCUT2D eigenvalue weighted by Gasteiger charge is 2.25. The summed E-state index contributed by atoms with van der Waals surface area (Å²) in [5.74, 6) is 0.693. The molecule has 0 atom stereocenters. The predicted octanol–water partition coefficient (Wildman–Crippen LogP) is 2.90. The highest BCUT2D eigenvalue weighted by atomic mass is 16.2. The van der Waals surface area contributed by atoms with Crippen LogP contribution in [0.3, 0.4) is 0 Å². The number of aryl methyl sites for hydroxylation is 1. The van der Waals surface area contributed by atoms with Gasteiger partial charge in [0.1, 0.15) is 5.82 Å². The van der Waals surface area contributed by atoms with E-state index in [4.69, 9.17) is 0 Å². The Labute approximate surface area is 146 Å². The van der Waals surface area contributed by atoms with Crippen LogP contribution in [0.25, 0.3) is 0 Å². The molecule has 1 saturated heterocycles. The van der Waals surface area contributed by atoms with E-state index in [-0.39, 0.29) is 11.3 Å². The molecule has 1 aliphatic rings. The number of likely N-dealkylation sites (N-methyl/N-ethyl adjacent to an activating group) is 1. The molecule has 2 rings (SSSR count). The van der Waals surface area contributed by atoms with Crippen molar-refractivity contribution in [2.45, 2.75) is 47.6 Å². The van der Waals surface area contributed by atoms with E-state index in [9.17, 15) is 4.79 Å². The van der Waals surface area contributed by atoms with Crippen LogP contribution in [-0.4, -0.2) is 53.4 Å². The van der Waals surface area contributed by atoms with E-state index in [0.717, 1.165) is 45.7 Å². The van der Waals surface area contributed by atoms with Crippen LogP contribution in [0.2, 0.25) is 0 Å². The molecular weight excluding hydrogens is 300 g/mol. The summed E-state index contributed by atoms with van der Waals surface area (Å²) in [6, 6.07) is 2.03. The number of piperazine rings is 1. The van der Waals surface area contributed by atoms with E-state index < -0.39 is 0 Å². The number of nitrogens with zero attached hydrogens (tertiary/aromatic N) is 3. The fraction of sp³-hybridized carbons (Fsp3) is 0.684. The average Bonchev–Trinajstić information content (AvgIpc) is 2.58. The molecular formula is C19H32N4O. The van der Waals surface area contributed by atoms with Gasteiger partial charge in [0, 0.05) is 44.3 Å². The lowest BCUT2D eigenvalue weighted by molar-refractivity contribution is -0.124. The average molecular weight is 332 g/mol. The van der Waals surface area contributed by atoms with Crippen LogP contribution in [-0.2, 0) is 11.3 Å². The molecule has 1 aromatic heterocycles. The summed E-state index contributed by atoms with van der Waals surface area (Å²) < 4.78 is 0. The molecule has 2 heterocycles. The van der Waals surface area contributed by atoms with Gasteiger partial charge in [-0.3, -0.25) is 9.69 Å². The van der Waals surface area contributed by atoms with Gasteiger partial charge in [0.05, 0.1) is 0 Å². The Morgan fingerprint density at radius 3 is 2.42 bits per heavy atom.